The zero-order valence-corrected chi connectivity index (χ0v) is 15.4. The molecule has 132 valence electrons. The maximum Gasteiger partial charge on any atom is 0.177 e. The van der Waals surface area contributed by atoms with E-state index in [2.05, 4.69) is 26.5 Å². The van der Waals surface area contributed by atoms with Crippen LogP contribution in [0.1, 0.15) is 35.3 Å². The molecule has 1 aliphatic rings. The summed E-state index contributed by atoms with van der Waals surface area (Å²) in [6.45, 7) is 1.89. The molecular formula is C17H17ClN8. The quantitative estimate of drug-likeness (QED) is 0.555. The molecule has 8 nitrogen and oxygen atoms in total. The number of hydrogen-bond donors (Lipinski definition) is 0. The molecule has 2 unspecified atom stereocenters. The number of halogens is 1. The lowest BCUT2D eigenvalue weighted by molar-refractivity contribution is 0.741. The van der Waals surface area contributed by atoms with E-state index in [1.54, 1.807) is 9.20 Å². The van der Waals surface area contributed by atoms with Crippen molar-refractivity contribution in [2.45, 2.75) is 25.2 Å². The first kappa shape index (κ1) is 15.5. The topological polar surface area (TPSA) is 78.7 Å². The summed E-state index contributed by atoms with van der Waals surface area (Å²) in [5.41, 5.74) is 4.72. The van der Waals surface area contributed by atoms with Crippen LogP contribution in [-0.2, 0) is 14.1 Å². The maximum atomic E-state index is 6.24. The van der Waals surface area contributed by atoms with E-state index in [9.17, 15) is 0 Å². The number of aryl methyl sites for hydroxylation is 3. The van der Waals surface area contributed by atoms with Gasteiger partial charge in [0.1, 0.15) is 5.69 Å². The number of nitrogens with zero attached hydrogens (tertiary/aromatic N) is 8. The van der Waals surface area contributed by atoms with Crippen molar-refractivity contribution in [3.05, 3.63) is 46.6 Å². The predicted molar refractivity (Wildman–Crippen MR) is 96.0 cm³/mol. The Morgan fingerprint density at radius 1 is 1.08 bits per heavy atom. The van der Waals surface area contributed by atoms with Crippen molar-refractivity contribution >= 4 is 17.2 Å². The van der Waals surface area contributed by atoms with Gasteiger partial charge in [0.25, 0.3) is 0 Å². The minimum absolute atomic E-state index is 0.372. The summed E-state index contributed by atoms with van der Waals surface area (Å²) >= 11 is 6.24. The summed E-state index contributed by atoms with van der Waals surface area (Å²) in [4.78, 5) is 0. The lowest BCUT2D eigenvalue weighted by Crippen LogP contribution is -2.00. The summed E-state index contributed by atoms with van der Waals surface area (Å²) in [6.07, 6.45) is 3.04. The molecule has 4 aromatic heterocycles. The molecular weight excluding hydrogens is 352 g/mol. The third kappa shape index (κ3) is 2.33. The first-order valence-corrected chi connectivity index (χ1v) is 8.81. The van der Waals surface area contributed by atoms with Crippen LogP contribution in [0, 0.1) is 6.92 Å². The van der Waals surface area contributed by atoms with Gasteiger partial charge in [0, 0.05) is 31.8 Å². The molecule has 2 atom stereocenters. The average molecular weight is 369 g/mol. The van der Waals surface area contributed by atoms with Crippen LogP contribution in [0.2, 0.25) is 5.15 Å². The van der Waals surface area contributed by atoms with E-state index in [1.807, 2.05) is 44.0 Å². The zero-order chi connectivity index (χ0) is 18.0. The molecule has 0 radical (unpaired) electrons. The average Bonchev–Trinajstić information content (AvgIpc) is 3.01. The SMILES string of the molecule is Cc1nnc2ccc(-c3cc(C4CC4c4cn(C)nc4Cl)nn3C)nn12. The smallest absolute Gasteiger partial charge is 0.177 e. The predicted octanol–water partition coefficient (Wildman–Crippen LogP) is 2.49. The van der Waals surface area contributed by atoms with Crippen LogP contribution in [0.4, 0.5) is 0 Å². The summed E-state index contributed by atoms with van der Waals surface area (Å²) in [5, 5.41) is 22.3. The lowest BCUT2D eigenvalue weighted by Gasteiger charge is -2.01. The fourth-order valence-corrected chi connectivity index (χ4v) is 3.85. The van der Waals surface area contributed by atoms with Crippen LogP contribution in [0.3, 0.4) is 0 Å². The van der Waals surface area contributed by atoms with Gasteiger partial charge in [0.05, 0.1) is 11.4 Å². The summed E-state index contributed by atoms with van der Waals surface area (Å²) in [7, 11) is 3.83. The second-order valence-electron chi connectivity index (χ2n) is 6.81. The molecule has 1 fully saturated rings. The molecule has 0 aliphatic heterocycles. The Morgan fingerprint density at radius 2 is 1.92 bits per heavy atom. The Labute approximate surface area is 154 Å². The van der Waals surface area contributed by atoms with Crippen molar-refractivity contribution in [3.8, 4) is 11.4 Å². The van der Waals surface area contributed by atoms with E-state index in [4.69, 9.17) is 16.7 Å². The highest BCUT2D eigenvalue weighted by Gasteiger charge is 2.43. The molecule has 0 spiro atoms. The molecule has 4 aromatic rings. The number of fused-ring (bicyclic) bond motifs is 1. The highest BCUT2D eigenvalue weighted by Crippen LogP contribution is 2.55. The largest absolute Gasteiger partial charge is 0.274 e. The fourth-order valence-electron chi connectivity index (χ4n) is 3.54. The van der Waals surface area contributed by atoms with Crippen LogP contribution in [0.25, 0.3) is 17.0 Å². The third-order valence-electron chi connectivity index (χ3n) is 4.96. The Kier molecular flexibility index (Phi) is 3.21. The molecule has 4 heterocycles. The zero-order valence-electron chi connectivity index (χ0n) is 14.6. The summed E-state index contributed by atoms with van der Waals surface area (Å²) in [5.74, 6) is 1.52. The highest BCUT2D eigenvalue weighted by atomic mass is 35.5. The Bertz CT molecular complexity index is 1140. The molecule has 0 bridgehead atoms. The van der Waals surface area contributed by atoms with Gasteiger partial charge < -0.3 is 0 Å². The van der Waals surface area contributed by atoms with E-state index >= 15 is 0 Å². The Balaban J connectivity index is 1.48. The van der Waals surface area contributed by atoms with Gasteiger partial charge in [-0.1, -0.05) is 11.6 Å². The molecule has 5 rings (SSSR count). The molecule has 0 N–H and O–H groups in total. The highest BCUT2D eigenvalue weighted by molar-refractivity contribution is 6.30. The van der Waals surface area contributed by atoms with Crippen molar-refractivity contribution in [1.82, 2.24) is 39.4 Å². The standard InChI is InChI=1S/C17H17ClN8/c1-9-19-20-16-5-4-13(22-26(9)16)15-7-14(21-25(15)3)11-6-10(11)12-8-24(2)23-17(12)18/h4-5,7-8,10-11H,6H2,1-3H3. The molecule has 0 saturated heterocycles. The van der Waals surface area contributed by atoms with E-state index in [-0.39, 0.29) is 0 Å². The van der Waals surface area contributed by atoms with Gasteiger partial charge in [-0.2, -0.15) is 19.8 Å². The molecule has 0 amide bonds. The minimum atomic E-state index is 0.372. The van der Waals surface area contributed by atoms with Crippen LogP contribution in [0.15, 0.2) is 24.4 Å². The number of rotatable bonds is 3. The van der Waals surface area contributed by atoms with Crippen LogP contribution in [0.5, 0.6) is 0 Å². The second-order valence-corrected chi connectivity index (χ2v) is 7.17. The van der Waals surface area contributed by atoms with Crippen molar-refractivity contribution in [1.29, 1.82) is 0 Å². The van der Waals surface area contributed by atoms with E-state index in [0.717, 1.165) is 40.5 Å². The van der Waals surface area contributed by atoms with Crippen LogP contribution < -0.4 is 0 Å². The summed E-state index contributed by atoms with van der Waals surface area (Å²) in [6, 6.07) is 5.99. The molecule has 9 heteroatoms. The summed E-state index contributed by atoms with van der Waals surface area (Å²) < 4.78 is 5.39. The monoisotopic (exact) mass is 368 g/mol. The van der Waals surface area contributed by atoms with Crippen molar-refractivity contribution in [2.75, 3.05) is 0 Å². The molecule has 26 heavy (non-hydrogen) atoms. The van der Waals surface area contributed by atoms with Crippen molar-refractivity contribution < 1.29 is 0 Å². The van der Waals surface area contributed by atoms with Crippen LogP contribution >= 0.6 is 11.6 Å². The fraction of sp³-hybridized carbons (Fsp3) is 0.353. The van der Waals surface area contributed by atoms with Gasteiger partial charge in [-0.05, 0) is 37.5 Å². The molecule has 1 aliphatic carbocycles. The van der Waals surface area contributed by atoms with Gasteiger partial charge in [0.15, 0.2) is 16.6 Å². The first-order valence-electron chi connectivity index (χ1n) is 8.43. The minimum Gasteiger partial charge on any atom is -0.274 e. The van der Waals surface area contributed by atoms with Gasteiger partial charge in [-0.15, -0.1) is 10.2 Å². The maximum absolute atomic E-state index is 6.24. The normalized spacial score (nSPS) is 19.4. The molecule has 1 saturated carbocycles. The number of hydrogen-bond acceptors (Lipinski definition) is 5. The lowest BCUT2D eigenvalue weighted by atomic mass is 10.1. The van der Waals surface area contributed by atoms with Crippen molar-refractivity contribution in [3.63, 3.8) is 0 Å². The number of aromatic nitrogens is 8. The van der Waals surface area contributed by atoms with Crippen molar-refractivity contribution in [2.24, 2.45) is 14.1 Å². The Hall–Kier alpha value is -2.74. The Morgan fingerprint density at radius 3 is 2.69 bits per heavy atom. The van der Waals surface area contributed by atoms with Gasteiger partial charge >= 0.3 is 0 Å². The first-order chi connectivity index (χ1) is 12.5. The van der Waals surface area contributed by atoms with Gasteiger partial charge in [0.2, 0.25) is 0 Å². The van der Waals surface area contributed by atoms with E-state index in [0.29, 0.717) is 17.0 Å². The van der Waals surface area contributed by atoms with E-state index < -0.39 is 0 Å². The second kappa shape index (κ2) is 5.38. The van der Waals surface area contributed by atoms with Crippen LogP contribution in [-0.4, -0.2) is 39.4 Å². The van der Waals surface area contributed by atoms with Gasteiger partial charge in [-0.3, -0.25) is 9.36 Å². The molecule has 0 aromatic carbocycles. The van der Waals surface area contributed by atoms with E-state index in [1.165, 1.54) is 0 Å². The third-order valence-corrected chi connectivity index (χ3v) is 5.25. The van der Waals surface area contributed by atoms with Gasteiger partial charge in [-0.25, -0.2) is 0 Å².